The number of hydrogen-bond acceptors (Lipinski definition) is 2. The fourth-order valence-corrected chi connectivity index (χ4v) is 2.72. The first kappa shape index (κ1) is 17.8. The van der Waals surface area contributed by atoms with Gasteiger partial charge in [-0.2, -0.15) is 0 Å². The van der Waals surface area contributed by atoms with Crippen LogP contribution in [-0.4, -0.2) is 18.3 Å². The molecule has 1 aromatic rings. The van der Waals surface area contributed by atoms with E-state index in [9.17, 15) is 0 Å². The lowest BCUT2D eigenvalue weighted by Gasteiger charge is -2.32. The van der Waals surface area contributed by atoms with E-state index >= 15 is 0 Å². The zero-order valence-electron chi connectivity index (χ0n) is 14.8. The van der Waals surface area contributed by atoms with Crippen molar-refractivity contribution in [3.8, 4) is 0 Å². The highest BCUT2D eigenvalue weighted by Crippen LogP contribution is 2.41. The fraction of sp³-hybridized carbons (Fsp3) is 0.400. The summed E-state index contributed by atoms with van der Waals surface area (Å²) in [6.07, 6.45) is 5.34. The van der Waals surface area contributed by atoms with Crippen molar-refractivity contribution in [3.63, 3.8) is 0 Å². The van der Waals surface area contributed by atoms with E-state index in [0.717, 1.165) is 18.3 Å². The van der Waals surface area contributed by atoms with Gasteiger partial charge in [0.25, 0.3) is 0 Å². The molecule has 1 saturated heterocycles. The molecule has 0 atom stereocenters. The van der Waals surface area contributed by atoms with Crippen LogP contribution in [0.25, 0.3) is 5.57 Å². The van der Waals surface area contributed by atoms with Gasteiger partial charge >= 0.3 is 7.12 Å². The van der Waals surface area contributed by atoms with E-state index in [1.807, 2.05) is 30.4 Å². The molecule has 1 aliphatic rings. The van der Waals surface area contributed by atoms with Gasteiger partial charge in [-0.25, -0.2) is 0 Å². The van der Waals surface area contributed by atoms with Crippen LogP contribution in [0.2, 0.25) is 0 Å². The number of allylic oxidation sites excluding steroid dienone is 4. The molecule has 0 radical (unpaired) electrons. The van der Waals surface area contributed by atoms with Gasteiger partial charge in [-0.15, -0.1) is 13.2 Å². The smallest absolute Gasteiger partial charge is 0.400 e. The SMILES string of the molecule is C=CC/C(B1OC(C)(C)C(C)(C)O1)=C(\CC=C)c1ccccc1. The molecule has 0 aliphatic carbocycles. The van der Waals surface area contributed by atoms with Gasteiger partial charge in [0.15, 0.2) is 0 Å². The van der Waals surface area contributed by atoms with E-state index in [1.54, 1.807) is 0 Å². The number of benzene rings is 1. The third-order valence-electron chi connectivity index (χ3n) is 4.76. The van der Waals surface area contributed by atoms with Crippen molar-refractivity contribution >= 4 is 12.7 Å². The van der Waals surface area contributed by atoms with E-state index in [-0.39, 0.29) is 18.3 Å². The lowest BCUT2D eigenvalue weighted by molar-refractivity contribution is 0.00578. The van der Waals surface area contributed by atoms with E-state index < -0.39 is 0 Å². The summed E-state index contributed by atoms with van der Waals surface area (Å²) in [6, 6.07) is 10.4. The molecule has 3 heteroatoms. The Morgan fingerprint density at radius 2 is 1.48 bits per heavy atom. The Labute approximate surface area is 141 Å². The number of rotatable bonds is 6. The van der Waals surface area contributed by atoms with Crippen LogP contribution in [-0.2, 0) is 9.31 Å². The lowest BCUT2D eigenvalue weighted by atomic mass is 9.71. The highest BCUT2D eigenvalue weighted by Gasteiger charge is 2.52. The van der Waals surface area contributed by atoms with Crippen molar-refractivity contribution in [1.82, 2.24) is 0 Å². The first-order valence-electron chi connectivity index (χ1n) is 8.17. The van der Waals surface area contributed by atoms with Crippen LogP contribution in [0.1, 0.15) is 46.1 Å². The molecule has 1 heterocycles. The molecule has 1 aromatic carbocycles. The minimum absolute atomic E-state index is 0.347. The first-order chi connectivity index (χ1) is 10.8. The van der Waals surface area contributed by atoms with E-state index in [1.165, 1.54) is 11.1 Å². The minimum Gasteiger partial charge on any atom is -0.400 e. The molecule has 0 spiro atoms. The minimum atomic E-state index is -0.354. The van der Waals surface area contributed by atoms with Gasteiger partial charge in [0, 0.05) is 0 Å². The Kier molecular flexibility index (Phi) is 5.33. The summed E-state index contributed by atoms with van der Waals surface area (Å²) in [5, 5.41) is 0. The van der Waals surface area contributed by atoms with Gasteiger partial charge in [-0.05, 0) is 57.1 Å². The molecule has 2 nitrogen and oxygen atoms in total. The second-order valence-corrected chi connectivity index (χ2v) is 6.94. The summed E-state index contributed by atoms with van der Waals surface area (Å²) in [5.74, 6) is 0. The summed E-state index contributed by atoms with van der Waals surface area (Å²) < 4.78 is 12.5. The summed E-state index contributed by atoms with van der Waals surface area (Å²) in [7, 11) is -0.354. The maximum absolute atomic E-state index is 6.27. The van der Waals surface area contributed by atoms with Gasteiger partial charge in [-0.3, -0.25) is 0 Å². The van der Waals surface area contributed by atoms with Gasteiger partial charge in [-0.1, -0.05) is 42.5 Å². The Balaban J connectivity index is 2.50. The van der Waals surface area contributed by atoms with E-state index in [2.05, 4.69) is 53.0 Å². The van der Waals surface area contributed by atoms with E-state index in [0.29, 0.717) is 0 Å². The molecule has 0 unspecified atom stereocenters. The maximum atomic E-state index is 6.27. The summed E-state index contributed by atoms with van der Waals surface area (Å²) >= 11 is 0. The highest BCUT2D eigenvalue weighted by molar-refractivity contribution is 6.56. The Morgan fingerprint density at radius 1 is 0.957 bits per heavy atom. The van der Waals surface area contributed by atoms with Crippen molar-refractivity contribution in [2.45, 2.75) is 51.7 Å². The van der Waals surface area contributed by atoms with Crippen LogP contribution in [0, 0.1) is 0 Å². The third kappa shape index (κ3) is 3.68. The summed E-state index contributed by atoms with van der Waals surface area (Å²) in [4.78, 5) is 0. The number of hydrogen-bond donors (Lipinski definition) is 0. The lowest BCUT2D eigenvalue weighted by Crippen LogP contribution is -2.41. The van der Waals surface area contributed by atoms with Gasteiger partial charge in [0.2, 0.25) is 0 Å². The average Bonchev–Trinajstić information content (AvgIpc) is 2.72. The van der Waals surface area contributed by atoms with Crippen molar-refractivity contribution in [3.05, 3.63) is 66.7 Å². The summed E-state index contributed by atoms with van der Waals surface area (Å²) in [6.45, 7) is 16.1. The monoisotopic (exact) mass is 310 g/mol. The quantitative estimate of drug-likeness (QED) is 0.529. The van der Waals surface area contributed by atoms with Crippen molar-refractivity contribution in [2.24, 2.45) is 0 Å². The molecule has 0 amide bonds. The standard InChI is InChI=1S/C20H27BO2/c1-7-12-17(16-14-10-9-11-15-16)18(13-8-2)21-22-19(3,4)20(5,6)23-21/h7-11,14-15H,1-2,12-13H2,3-6H3/b18-17-. The molecule has 0 aromatic heterocycles. The van der Waals surface area contributed by atoms with Crippen LogP contribution in [0.3, 0.4) is 0 Å². The van der Waals surface area contributed by atoms with Crippen molar-refractivity contribution < 1.29 is 9.31 Å². The second kappa shape index (κ2) is 6.90. The zero-order chi connectivity index (χ0) is 17.1. The molecule has 122 valence electrons. The van der Waals surface area contributed by atoms with Crippen molar-refractivity contribution in [1.29, 1.82) is 0 Å². The molecular weight excluding hydrogens is 283 g/mol. The van der Waals surface area contributed by atoms with Crippen LogP contribution in [0.4, 0.5) is 0 Å². The first-order valence-corrected chi connectivity index (χ1v) is 8.17. The predicted octanol–water partition coefficient (Wildman–Crippen LogP) is 5.22. The third-order valence-corrected chi connectivity index (χ3v) is 4.76. The molecule has 1 aliphatic heterocycles. The van der Waals surface area contributed by atoms with Gasteiger partial charge in [0.1, 0.15) is 0 Å². The fourth-order valence-electron chi connectivity index (χ4n) is 2.72. The van der Waals surface area contributed by atoms with Crippen LogP contribution < -0.4 is 0 Å². The molecule has 23 heavy (non-hydrogen) atoms. The average molecular weight is 310 g/mol. The van der Waals surface area contributed by atoms with Crippen molar-refractivity contribution in [2.75, 3.05) is 0 Å². The van der Waals surface area contributed by atoms with Gasteiger partial charge < -0.3 is 9.31 Å². The normalized spacial score (nSPS) is 20.1. The zero-order valence-corrected chi connectivity index (χ0v) is 14.8. The molecule has 0 N–H and O–H groups in total. The van der Waals surface area contributed by atoms with Gasteiger partial charge in [0.05, 0.1) is 11.2 Å². The Bertz CT molecular complexity index is 583. The molecule has 2 rings (SSSR count). The Morgan fingerprint density at radius 3 is 1.96 bits per heavy atom. The molecular formula is C20H27BO2. The topological polar surface area (TPSA) is 18.5 Å². The van der Waals surface area contributed by atoms with E-state index in [4.69, 9.17) is 9.31 Å². The molecule has 0 saturated carbocycles. The second-order valence-electron chi connectivity index (χ2n) is 6.94. The largest absolute Gasteiger partial charge is 0.491 e. The maximum Gasteiger partial charge on any atom is 0.491 e. The van der Waals surface area contributed by atoms with Crippen LogP contribution >= 0.6 is 0 Å². The summed E-state index contributed by atoms with van der Waals surface area (Å²) in [5.41, 5.74) is 2.82. The molecule has 0 bridgehead atoms. The highest BCUT2D eigenvalue weighted by atomic mass is 16.7. The van der Waals surface area contributed by atoms with Crippen LogP contribution in [0.15, 0.2) is 61.1 Å². The predicted molar refractivity (Wildman–Crippen MR) is 99.1 cm³/mol. The van der Waals surface area contributed by atoms with Crippen LogP contribution in [0.5, 0.6) is 0 Å². The Hall–Kier alpha value is -1.58. The molecule has 1 fully saturated rings.